The molecule has 29 heavy (non-hydrogen) atoms. The molecule has 0 radical (unpaired) electrons. The summed E-state index contributed by atoms with van der Waals surface area (Å²) in [4.78, 5) is 14.4. The van der Waals surface area contributed by atoms with Crippen LogP contribution in [0.15, 0.2) is 53.9 Å². The van der Waals surface area contributed by atoms with E-state index in [1.165, 1.54) is 4.88 Å². The van der Waals surface area contributed by atoms with Gasteiger partial charge < -0.3 is 9.88 Å². The number of carbonyl (C=O) groups is 1. The summed E-state index contributed by atoms with van der Waals surface area (Å²) in [6.45, 7) is 8.72. The lowest BCUT2D eigenvalue weighted by molar-refractivity contribution is 0.102. The van der Waals surface area contributed by atoms with Crippen molar-refractivity contribution in [3.63, 3.8) is 0 Å². The Labute approximate surface area is 174 Å². The lowest BCUT2D eigenvalue weighted by Crippen LogP contribution is -2.14. The molecule has 0 saturated carbocycles. The Bertz CT molecular complexity index is 1150. The van der Waals surface area contributed by atoms with E-state index >= 15 is 0 Å². The van der Waals surface area contributed by atoms with E-state index in [1.807, 2.05) is 68.8 Å². The number of para-hydroxylation sites is 1. The Morgan fingerprint density at radius 1 is 1.03 bits per heavy atom. The monoisotopic (exact) mass is 404 g/mol. The van der Waals surface area contributed by atoms with Crippen molar-refractivity contribution in [3.05, 3.63) is 87.1 Å². The summed E-state index contributed by atoms with van der Waals surface area (Å²) in [5, 5.41) is 9.79. The second kappa shape index (κ2) is 7.72. The highest BCUT2D eigenvalue weighted by atomic mass is 32.1. The van der Waals surface area contributed by atoms with Crippen LogP contribution in [0, 0.1) is 27.7 Å². The minimum Gasteiger partial charge on any atom is -0.343 e. The third-order valence-electron chi connectivity index (χ3n) is 5.24. The molecule has 5 nitrogen and oxygen atoms in total. The fraction of sp³-hybridized carbons (Fsp3) is 0.217. The summed E-state index contributed by atoms with van der Waals surface area (Å²) >= 11 is 1.73. The third-order valence-corrected chi connectivity index (χ3v) is 6.10. The lowest BCUT2D eigenvalue weighted by Gasteiger charge is -2.09. The number of nitrogens with zero attached hydrogens (tertiary/aromatic N) is 3. The van der Waals surface area contributed by atoms with Crippen molar-refractivity contribution in [2.75, 3.05) is 5.32 Å². The number of thiophene rings is 1. The van der Waals surface area contributed by atoms with Crippen molar-refractivity contribution in [1.29, 1.82) is 0 Å². The maximum absolute atomic E-state index is 13.1. The van der Waals surface area contributed by atoms with E-state index in [0.29, 0.717) is 5.56 Å². The highest BCUT2D eigenvalue weighted by Crippen LogP contribution is 2.25. The van der Waals surface area contributed by atoms with Crippen molar-refractivity contribution in [2.45, 2.75) is 34.2 Å². The van der Waals surface area contributed by atoms with Gasteiger partial charge in [-0.2, -0.15) is 5.10 Å². The minimum absolute atomic E-state index is 0.102. The molecule has 0 unspecified atom stereocenters. The summed E-state index contributed by atoms with van der Waals surface area (Å²) in [5.74, 6) is -0.102. The number of carbonyl (C=O) groups excluding carboxylic acids is 1. The number of anilines is 1. The predicted molar refractivity (Wildman–Crippen MR) is 118 cm³/mol. The molecule has 4 aromatic rings. The van der Waals surface area contributed by atoms with Gasteiger partial charge >= 0.3 is 0 Å². The summed E-state index contributed by atoms with van der Waals surface area (Å²) < 4.78 is 4.05. The van der Waals surface area contributed by atoms with Gasteiger partial charge in [0.05, 0.1) is 34.9 Å². The van der Waals surface area contributed by atoms with Crippen molar-refractivity contribution in [1.82, 2.24) is 14.3 Å². The van der Waals surface area contributed by atoms with Gasteiger partial charge in [-0.3, -0.25) is 4.79 Å². The molecule has 0 aliphatic rings. The van der Waals surface area contributed by atoms with Gasteiger partial charge in [-0.05, 0) is 57.3 Å². The average molecular weight is 405 g/mol. The van der Waals surface area contributed by atoms with Crippen LogP contribution in [0.1, 0.15) is 38.0 Å². The summed E-state index contributed by atoms with van der Waals surface area (Å²) in [6.07, 6.45) is 0. The number of amides is 1. The number of rotatable bonds is 5. The molecule has 0 aliphatic heterocycles. The summed E-state index contributed by atoms with van der Waals surface area (Å²) in [7, 11) is 0. The molecule has 0 bridgehead atoms. The Morgan fingerprint density at radius 2 is 1.79 bits per heavy atom. The van der Waals surface area contributed by atoms with Gasteiger partial charge in [0, 0.05) is 16.3 Å². The minimum atomic E-state index is -0.102. The standard InChI is InChI=1S/C23H24N4OS/c1-15-13-21(17(3)26(15)14-20-11-8-12-29-20)23(28)24-22-16(2)25-27(18(22)4)19-9-6-5-7-10-19/h5-13H,14H2,1-4H3,(H,24,28). The quantitative estimate of drug-likeness (QED) is 0.493. The number of nitrogens with one attached hydrogen (secondary N) is 1. The van der Waals surface area contributed by atoms with Gasteiger partial charge in [0.15, 0.2) is 0 Å². The van der Waals surface area contributed by atoms with Gasteiger partial charge in [-0.25, -0.2) is 4.68 Å². The van der Waals surface area contributed by atoms with Gasteiger partial charge in [0.2, 0.25) is 0 Å². The third kappa shape index (κ3) is 3.63. The van der Waals surface area contributed by atoms with Crippen molar-refractivity contribution in [3.8, 4) is 5.69 Å². The van der Waals surface area contributed by atoms with Crippen LogP contribution in [0.2, 0.25) is 0 Å². The van der Waals surface area contributed by atoms with Crippen LogP contribution in [-0.4, -0.2) is 20.3 Å². The number of aromatic nitrogens is 3. The molecular formula is C23H24N4OS. The zero-order valence-electron chi connectivity index (χ0n) is 17.1. The topological polar surface area (TPSA) is 51.9 Å². The highest BCUT2D eigenvalue weighted by molar-refractivity contribution is 7.09. The van der Waals surface area contributed by atoms with E-state index in [2.05, 4.69) is 32.5 Å². The molecule has 148 valence electrons. The van der Waals surface area contributed by atoms with Crippen LogP contribution < -0.4 is 5.32 Å². The first kappa shape index (κ1) is 19.2. The molecular weight excluding hydrogens is 380 g/mol. The van der Waals surface area contributed by atoms with Crippen LogP contribution >= 0.6 is 11.3 Å². The van der Waals surface area contributed by atoms with Gasteiger partial charge in [0.1, 0.15) is 0 Å². The van der Waals surface area contributed by atoms with Gasteiger partial charge in [0.25, 0.3) is 5.91 Å². The second-order valence-electron chi connectivity index (χ2n) is 7.20. The number of hydrogen-bond donors (Lipinski definition) is 1. The highest BCUT2D eigenvalue weighted by Gasteiger charge is 2.20. The number of hydrogen-bond acceptors (Lipinski definition) is 3. The van der Waals surface area contributed by atoms with Gasteiger partial charge in [-0.1, -0.05) is 24.3 Å². The van der Waals surface area contributed by atoms with Crippen molar-refractivity contribution < 1.29 is 4.79 Å². The normalized spacial score (nSPS) is 11.0. The lowest BCUT2D eigenvalue weighted by atomic mass is 10.2. The molecule has 0 fully saturated rings. The van der Waals surface area contributed by atoms with Gasteiger partial charge in [-0.15, -0.1) is 11.3 Å². The molecule has 4 rings (SSSR count). The van der Waals surface area contributed by atoms with E-state index in [4.69, 9.17) is 0 Å². The van der Waals surface area contributed by atoms with Crippen molar-refractivity contribution >= 4 is 22.9 Å². The first-order valence-electron chi connectivity index (χ1n) is 9.58. The molecule has 3 heterocycles. The molecule has 0 aliphatic carbocycles. The Balaban J connectivity index is 1.62. The molecule has 0 spiro atoms. The molecule has 1 amide bonds. The molecule has 0 saturated heterocycles. The van der Waals surface area contributed by atoms with Crippen LogP contribution in [0.25, 0.3) is 5.69 Å². The Kier molecular flexibility index (Phi) is 5.11. The molecule has 6 heteroatoms. The van der Waals surface area contributed by atoms with Crippen LogP contribution in [0.5, 0.6) is 0 Å². The maximum atomic E-state index is 13.1. The van der Waals surface area contributed by atoms with E-state index < -0.39 is 0 Å². The summed E-state index contributed by atoms with van der Waals surface area (Å²) in [5.41, 5.74) is 6.20. The average Bonchev–Trinajstić information content (AvgIpc) is 3.40. The van der Waals surface area contributed by atoms with E-state index in [1.54, 1.807) is 11.3 Å². The van der Waals surface area contributed by atoms with Crippen LogP contribution in [0.3, 0.4) is 0 Å². The molecule has 0 atom stereocenters. The van der Waals surface area contributed by atoms with Crippen LogP contribution in [0.4, 0.5) is 5.69 Å². The van der Waals surface area contributed by atoms with Crippen molar-refractivity contribution in [2.24, 2.45) is 0 Å². The fourth-order valence-electron chi connectivity index (χ4n) is 3.66. The first-order valence-corrected chi connectivity index (χ1v) is 10.5. The SMILES string of the molecule is Cc1nn(-c2ccccc2)c(C)c1NC(=O)c1cc(C)n(Cc2cccs2)c1C. The largest absolute Gasteiger partial charge is 0.343 e. The first-order chi connectivity index (χ1) is 14.0. The van der Waals surface area contributed by atoms with Crippen LogP contribution in [-0.2, 0) is 6.54 Å². The number of benzene rings is 1. The van der Waals surface area contributed by atoms with E-state index in [-0.39, 0.29) is 5.91 Å². The maximum Gasteiger partial charge on any atom is 0.257 e. The zero-order chi connectivity index (χ0) is 20.5. The Morgan fingerprint density at radius 3 is 2.48 bits per heavy atom. The predicted octanol–water partition coefficient (Wildman–Crippen LogP) is 5.27. The van der Waals surface area contributed by atoms with E-state index in [0.717, 1.165) is 40.7 Å². The Hall–Kier alpha value is -3.12. The molecule has 1 N–H and O–H groups in total. The smallest absolute Gasteiger partial charge is 0.257 e. The van der Waals surface area contributed by atoms with E-state index in [9.17, 15) is 4.79 Å². The number of aryl methyl sites for hydroxylation is 2. The summed E-state index contributed by atoms with van der Waals surface area (Å²) in [6, 6.07) is 16.1. The molecule has 1 aromatic carbocycles. The second-order valence-corrected chi connectivity index (χ2v) is 8.23. The molecule has 3 aromatic heterocycles. The zero-order valence-corrected chi connectivity index (χ0v) is 17.9. The fourth-order valence-corrected chi connectivity index (χ4v) is 4.35.